The van der Waals surface area contributed by atoms with Crippen molar-refractivity contribution in [2.75, 3.05) is 18.4 Å². The molecule has 1 aromatic rings. The van der Waals surface area contributed by atoms with Gasteiger partial charge in [0.2, 0.25) is 23.6 Å². The van der Waals surface area contributed by atoms with Crippen molar-refractivity contribution in [1.82, 2.24) is 21.3 Å². The van der Waals surface area contributed by atoms with Gasteiger partial charge >= 0.3 is 11.9 Å². The molecule has 1 rings (SSSR count). The Labute approximate surface area is 234 Å². The summed E-state index contributed by atoms with van der Waals surface area (Å²) in [5.41, 5.74) is 1.22. The van der Waals surface area contributed by atoms with Gasteiger partial charge in [-0.2, -0.15) is 0 Å². The van der Waals surface area contributed by atoms with Crippen LogP contribution in [0.3, 0.4) is 0 Å². The standard InChI is InChI=1S/C27H41N5O8/c1-6-24(37)40-15-18-7-9-19(10-8-18)30-21(33)14-29-27(39)25(16(2)3)32-26(38)20(11-12-23(35)36)31-22(34)13-28-17(4)5/h7-10,16-17,20,25,28H,6,11-15H2,1-5H3,(H,29,39)(H,30,33)(H,31,34)(H,32,38)(H,35,36). The summed E-state index contributed by atoms with van der Waals surface area (Å²) in [6.45, 7) is 8.47. The molecular weight excluding hydrogens is 522 g/mol. The van der Waals surface area contributed by atoms with E-state index in [2.05, 4.69) is 26.6 Å². The number of nitrogens with one attached hydrogen (secondary N) is 5. The summed E-state index contributed by atoms with van der Waals surface area (Å²) in [4.78, 5) is 72.7. The highest BCUT2D eigenvalue weighted by Gasteiger charge is 2.29. The number of amides is 4. The van der Waals surface area contributed by atoms with E-state index in [9.17, 15) is 28.8 Å². The molecule has 0 saturated carbocycles. The second kappa shape index (κ2) is 17.6. The van der Waals surface area contributed by atoms with Gasteiger partial charge < -0.3 is 36.4 Å². The van der Waals surface area contributed by atoms with E-state index in [1.165, 1.54) is 0 Å². The molecule has 13 nitrogen and oxygen atoms in total. The first-order valence-electron chi connectivity index (χ1n) is 13.2. The highest BCUT2D eigenvalue weighted by atomic mass is 16.5. The topological polar surface area (TPSA) is 192 Å². The molecule has 1 aromatic carbocycles. The number of carbonyl (C=O) groups is 6. The van der Waals surface area contributed by atoms with E-state index in [-0.39, 0.29) is 56.9 Å². The van der Waals surface area contributed by atoms with Crippen LogP contribution in [-0.4, -0.2) is 71.9 Å². The normalized spacial score (nSPS) is 12.3. The van der Waals surface area contributed by atoms with E-state index in [0.717, 1.165) is 5.56 Å². The fourth-order valence-corrected chi connectivity index (χ4v) is 3.30. The Morgan fingerprint density at radius 2 is 1.52 bits per heavy atom. The molecule has 0 aromatic heterocycles. The Bertz CT molecular complexity index is 1030. The predicted molar refractivity (Wildman–Crippen MR) is 147 cm³/mol. The number of rotatable bonds is 17. The summed E-state index contributed by atoms with van der Waals surface area (Å²) in [7, 11) is 0. The average molecular weight is 564 g/mol. The zero-order valence-electron chi connectivity index (χ0n) is 23.7. The van der Waals surface area contributed by atoms with Crippen molar-refractivity contribution in [1.29, 1.82) is 0 Å². The van der Waals surface area contributed by atoms with Crippen LogP contribution in [-0.2, 0) is 40.1 Å². The summed E-state index contributed by atoms with van der Waals surface area (Å²) in [6, 6.07) is 4.48. The lowest BCUT2D eigenvalue weighted by molar-refractivity contribution is -0.144. The second-order valence-electron chi connectivity index (χ2n) is 9.80. The van der Waals surface area contributed by atoms with Gasteiger partial charge in [0.25, 0.3) is 0 Å². The van der Waals surface area contributed by atoms with Crippen LogP contribution < -0.4 is 26.6 Å². The van der Waals surface area contributed by atoms with Crippen LogP contribution in [0.5, 0.6) is 0 Å². The molecule has 0 spiro atoms. The highest BCUT2D eigenvalue weighted by Crippen LogP contribution is 2.11. The molecular formula is C27H41N5O8. The smallest absolute Gasteiger partial charge is 0.305 e. The van der Waals surface area contributed by atoms with Gasteiger partial charge in [-0.15, -0.1) is 0 Å². The lowest BCUT2D eigenvalue weighted by Crippen LogP contribution is -2.56. The Kier molecular flexibility index (Phi) is 14.9. The molecule has 222 valence electrons. The van der Waals surface area contributed by atoms with Gasteiger partial charge in [0.05, 0.1) is 13.1 Å². The summed E-state index contributed by atoms with van der Waals surface area (Å²) in [6.07, 6.45) is -0.248. The predicted octanol–water partition coefficient (Wildman–Crippen LogP) is 0.683. The lowest BCUT2D eigenvalue weighted by Gasteiger charge is -2.25. The monoisotopic (exact) mass is 563 g/mol. The molecule has 0 aliphatic heterocycles. The number of carboxylic acids is 1. The van der Waals surface area contributed by atoms with Gasteiger partial charge in [0.1, 0.15) is 18.7 Å². The van der Waals surface area contributed by atoms with Crippen LogP contribution in [0.15, 0.2) is 24.3 Å². The van der Waals surface area contributed by atoms with Crippen molar-refractivity contribution in [2.24, 2.45) is 5.92 Å². The number of esters is 1. The Morgan fingerprint density at radius 1 is 0.875 bits per heavy atom. The molecule has 0 aliphatic carbocycles. The van der Waals surface area contributed by atoms with Gasteiger partial charge in [-0.05, 0) is 30.0 Å². The first-order chi connectivity index (χ1) is 18.8. The van der Waals surface area contributed by atoms with E-state index in [4.69, 9.17) is 9.84 Å². The van der Waals surface area contributed by atoms with E-state index < -0.39 is 41.7 Å². The second-order valence-corrected chi connectivity index (χ2v) is 9.80. The minimum atomic E-state index is -1.16. The van der Waals surface area contributed by atoms with Gasteiger partial charge in [-0.3, -0.25) is 28.8 Å². The molecule has 4 amide bonds. The maximum atomic E-state index is 12.9. The summed E-state index contributed by atoms with van der Waals surface area (Å²) in [5, 5.41) is 22.1. The molecule has 0 saturated heterocycles. The van der Waals surface area contributed by atoms with E-state index in [1.807, 2.05) is 13.8 Å². The first-order valence-corrected chi connectivity index (χ1v) is 13.2. The highest BCUT2D eigenvalue weighted by molar-refractivity contribution is 5.97. The molecule has 0 aliphatic rings. The van der Waals surface area contributed by atoms with Crippen LogP contribution in [0.25, 0.3) is 0 Å². The summed E-state index contributed by atoms with van der Waals surface area (Å²) in [5.74, 6) is -4.14. The van der Waals surface area contributed by atoms with Crippen LogP contribution in [0.1, 0.15) is 59.4 Å². The number of carboxylic acid groups (broad SMARTS) is 1. The minimum absolute atomic E-state index is 0.0275. The van der Waals surface area contributed by atoms with Crippen LogP contribution in [0.4, 0.5) is 5.69 Å². The number of aliphatic carboxylic acids is 1. The zero-order chi connectivity index (χ0) is 30.2. The molecule has 0 heterocycles. The van der Waals surface area contributed by atoms with Crippen molar-refractivity contribution >= 4 is 41.3 Å². The van der Waals surface area contributed by atoms with E-state index in [0.29, 0.717) is 5.69 Å². The fourth-order valence-electron chi connectivity index (χ4n) is 3.30. The lowest BCUT2D eigenvalue weighted by atomic mass is 10.0. The molecule has 13 heteroatoms. The van der Waals surface area contributed by atoms with Gasteiger partial charge in [0, 0.05) is 24.6 Å². The Hall–Kier alpha value is -4.00. The fraction of sp³-hybridized carbons (Fsp3) is 0.556. The number of carbonyl (C=O) groups excluding carboxylic acids is 5. The van der Waals surface area contributed by atoms with Crippen molar-refractivity contribution in [3.8, 4) is 0 Å². The van der Waals surface area contributed by atoms with Crippen molar-refractivity contribution < 1.29 is 38.6 Å². The number of ether oxygens (including phenoxy) is 1. The van der Waals surface area contributed by atoms with E-state index in [1.54, 1.807) is 45.0 Å². The van der Waals surface area contributed by atoms with Crippen LogP contribution in [0.2, 0.25) is 0 Å². The zero-order valence-corrected chi connectivity index (χ0v) is 23.7. The first kappa shape index (κ1) is 34.0. The summed E-state index contributed by atoms with van der Waals surface area (Å²) >= 11 is 0. The quantitative estimate of drug-likeness (QED) is 0.148. The molecule has 0 fully saturated rings. The van der Waals surface area contributed by atoms with Gasteiger partial charge in [0.15, 0.2) is 0 Å². The van der Waals surface area contributed by atoms with Crippen LogP contribution in [0, 0.1) is 5.92 Å². The molecule has 40 heavy (non-hydrogen) atoms. The van der Waals surface area contributed by atoms with Gasteiger partial charge in [-0.25, -0.2) is 0 Å². The average Bonchev–Trinajstić information content (AvgIpc) is 2.90. The third-order valence-corrected chi connectivity index (χ3v) is 5.57. The van der Waals surface area contributed by atoms with Crippen molar-refractivity contribution in [2.45, 2.75) is 78.6 Å². The number of hydrogen-bond donors (Lipinski definition) is 6. The van der Waals surface area contributed by atoms with Crippen molar-refractivity contribution in [3.63, 3.8) is 0 Å². The van der Waals surface area contributed by atoms with Crippen molar-refractivity contribution in [3.05, 3.63) is 29.8 Å². The molecule has 6 N–H and O–H groups in total. The van der Waals surface area contributed by atoms with Crippen LogP contribution >= 0.6 is 0 Å². The Balaban J connectivity index is 2.71. The van der Waals surface area contributed by atoms with E-state index >= 15 is 0 Å². The minimum Gasteiger partial charge on any atom is -0.481 e. The number of benzene rings is 1. The largest absolute Gasteiger partial charge is 0.481 e. The molecule has 0 radical (unpaired) electrons. The SMILES string of the molecule is CCC(=O)OCc1ccc(NC(=O)CNC(=O)C(NC(=O)C(CCC(=O)O)NC(=O)CNC(C)C)C(C)C)cc1. The maximum absolute atomic E-state index is 12.9. The molecule has 2 unspecified atom stereocenters. The third-order valence-electron chi connectivity index (χ3n) is 5.57. The number of hydrogen-bond acceptors (Lipinski definition) is 8. The molecule has 2 atom stereocenters. The number of anilines is 1. The Morgan fingerprint density at radius 3 is 2.08 bits per heavy atom. The maximum Gasteiger partial charge on any atom is 0.305 e. The third kappa shape index (κ3) is 13.7. The van der Waals surface area contributed by atoms with Gasteiger partial charge in [-0.1, -0.05) is 46.8 Å². The molecule has 0 bridgehead atoms. The summed E-state index contributed by atoms with van der Waals surface area (Å²) < 4.78 is 5.06.